The van der Waals surface area contributed by atoms with Crippen LogP contribution in [0.1, 0.15) is 31.0 Å². The summed E-state index contributed by atoms with van der Waals surface area (Å²) in [6.07, 6.45) is 0.803. The van der Waals surface area contributed by atoms with Crippen LogP contribution in [0.3, 0.4) is 0 Å². The lowest BCUT2D eigenvalue weighted by molar-refractivity contribution is 0.867. The zero-order valence-corrected chi connectivity index (χ0v) is 12.3. The molecule has 0 unspecified atom stereocenters. The van der Waals surface area contributed by atoms with Crippen molar-refractivity contribution in [2.24, 2.45) is 5.73 Å². The molecule has 1 heterocycles. The molecule has 0 saturated carbocycles. The van der Waals surface area contributed by atoms with Gasteiger partial charge in [-0.05, 0) is 34.0 Å². The van der Waals surface area contributed by atoms with Crippen molar-refractivity contribution in [3.63, 3.8) is 0 Å². The van der Waals surface area contributed by atoms with Crippen molar-refractivity contribution in [2.75, 3.05) is 6.54 Å². The number of aromatic amines is 1. The smallest absolute Gasteiger partial charge is 0.107 e. The highest BCUT2D eigenvalue weighted by Gasteiger charge is 2.12. The summed E-state index contributed by atoms with van der Waals surface area (Å²) in [5.74, 6) is 0.550. The predicted molar refractivity (Wildman–Crippen MR) is 78.6 cm³/mol. The van der Waals surface area contributed by atoms with E-state index in [0.29, 0.717) is 12.5 Å². The quantitative estimate of drug-likeness (QED) is 0.909. The van der Waals surface area contributed by atoms with E-state index in [2.05, 4.69) is 64.2 Å². The van der Waals surface area contributed by atoms with Gasteiger partial charge >= 0.3 is 0 Å². The summed E-state index contributed by atoms with van der Waals surface area (Å²) in [5, 5.41) is 7.39. The zero-order valence-electron chi connectivity index (χ0n) is 10.7. The van der Waals surface area contributed by atoms with Gasteiger partial charge in [0, 0.05) is 12.0 Å². The molecule has 0 amide bonds. The summed E-state index contributed by atoms with van der Waals surface area (Å²) < 4.78 is 1.02. The third-order valence-corrected chi connectivity index (χ3v) is 3.87. The Labute approximate surface area is 116 Å². The maximum Gasteiger partial charge on any atom is 0.107 e. The Balaban J connectivity index is 2.31. The summed E-state index contributed by atoms with van der Waals surface area (Å²) in [4.78, 5) is 0. The lowest BCUT2D eigenvalue weighted by Crippen LogP contribution is -2.03. The van der Waals surface area contributed by atoms with E-state index in [-0.39, 0.29) is 0 Å². The molecule has 0 bridgehead atoms. The number of H-pyrrole nitrogens is 1. The van der Waals surface area contributed by atoms with Crippen LogP contribution in [0, 0.1) is 0 Å². The normalized spacial score (nSPS) is 11.2. The van der Waals surface area contributed by atoms with Gasteiger partial charge in [-0.3, -0.25) is 5.10 Å². The lowest BCUT2D eigenvalue weighted by atomic mass is 10.0. The molecule has 2 rings (SSSR count). The monoisotopic (exact) mass is 307 g/mol. The number of nitrogens with two attached hydrogens (primary N) is 1. The van der Waals surface area contributed by atoms with E-state index >= 15 is 0 Å². The van der Waals surface area contributed by atoms with Crippen LogP contribution in [0.5, 0.6) is 0 Å². The van der Waals surface area contributed by atoms with Crippen molar-refractivity contribution >= 4 is 15.9 Å². The Morgan fingerprint density at radius 1 is 1.28 bits per heavy atom. The molecule has 1 aromatic heterocycles. The first-order valence-corrected chi connectivity index (χ1v) is 6.96. The maximum atomic E-state index is 5.56. The van der Waals surface area contributed by atoms with Crippen molar-refractivity contribution in [1.82, 2.24) is 10.2 Å². The van der Waals surface area contributed by atoms with Gasteiger partial charge in [-0.1, -0.05) is 38.1 Å². The minimum atomic E-state index is 0.550. The van der Waals surface area contributed by atoms with E-state index in [4.69, 9.17) is 5.73 Å². The van der Waals surface area contributed by atoms with Crippen LogP contribution in [-0.2, 0) is 6.42 Å². The Morgan fingerprint density at radius 2 is 1.94 bits per heavy atom. The summed E-state index contributed by atoms with van der Waals surface area (Å²) in [5.41, 5.74) is 10.0. The second-order valence-corrected chi connectivity index (χ2v) is 5.47. The van der Waals surface area contributed by atoms with Crippen LogP contribution in [0.2, 0.25) is 0 Å². The van der Waals surface area contributed by atoms with E-state index in [1.807, 2.05) is 0 Å². The van der Waals surface area contributed by atoms with Gasteiger partial charge in [-0.2, -0.15) is 5.10 Å². The van der Waals surface area contributed by atoms with Crippen LogP contribution in [0.25, 0.3) is 11.3 Å². The molecule has 4 heteroatoms. The summed E-state index contributed by atoms with van der Waals surface area (Å²) >= 11 is 3.59. The summed E-state index contributed by atoms with van der Waals surface area (Å²) in [7, 11) is 0. The highest BCUT2D eigenvalue weighted by molar-refractivity contribution is 9.10. The van der Waals surface area contributed by atoms with Crippen molar-refractivity contribution in [1.29, 1.82) is 0 Å². The number of hydrogen-bond acceptors (Lipinski definition) is 2. The second-order valence-electron chi connectivity index (χ2n) is 4.68. The maximum absolute atomic E-state index is 5.56. The minimum Gasteiger partial charge on any atom is -0.330 e. The van der Waals surface area contributed by atoms with Crippen molar-refractivity contribution < 1.29 is 0 Å². The highest BCUT2D eigenvalue weighted by Crippen LogP contribution is 2.29. The van der Waals surface area contributed by atoms with Gasteiger partial charge in [0.1, 0.15) is 5.69 Å². The van der Waals surface area contributed by atoms with Crippen LogP contribution in [0.4, 0.5) is 0 Å². The molecular formula is C14H18BrN3. The van der Waals surface area contributed by atoms with Gasteiger partial charge in [-0.25, -0.2) is 0 Å². The average molecular weight is 308 g/mol. The fraction of sp³-hybridized carbons (Fsp3) is 0.357. The largest absolute Gasteiger partial charge is 0.330 e. The van der Waals surface area contributed by atoms with Crippen LogP contribution in [-0.4, -0.2) is 16.7 Å². The first-order valence-electron chi connectivity index (χ1n) is 6.16. The molecule has 18 heavy (non-hydrogen) atoms. The molecule has 0 saturated heterocycles. The van der Waals surface area contributed by atoms with Gasteiger partial charge in [-0.15, -0.1) is 0 Å². The molecule has 3 N–H and O–H groups in total. The lowest BCUT2D eigenvalue weighted by Gasteiger charge is -2.05. The molecule has 0 spiro atoms. The van der Waals surface area contributed by atoms with Crippen molar-refractivity contribution in [2.45, 2.75) is 26.2 Å². The molecule has 0 aliphatic carbocycles. The van der Waals surface area contributed by atoms with Gasteiger partial charge < -0.3 is 5.73 Å². The second kappa shape index (κ2) is 5.67. The van der Waals surface area contributed by atoms with E-state index in [9.17, 15) is 0 Å². The fourth-order valence-corrected chi connectivity index (χ4v) is 2.50. The first kappa shape index (κ1) is 13.3. The van der Waals surface area contributed by atoms with E-state index in [1.165, 1.54) is 5.56 Å². The highest BCUT2D eigenvalue weighted by atomic mass is 79.9. The van der Waals surface area contributed by atoms with Crippen LogP contribution in [0.15, 0.2) is 28.7 Å². The zero-order chi connectivity index (χ0) is 13.1. The molecule has 2 aromatic rings. The summed E-state index contributed by atoms with van der Waals surface area (Å²) in [6.45, 7) is 5.00. The Bertz CT molecular complexity index is 514. The average Bonchev–Trinajstić information content (AvgIpc) is 2.72. The number of nitrogens with one attached hydrogen (secondary N) is 1. The minimum absolute atomic E-state index is 0.550. The van der Waals surface area contributed by atoms with Crippen molar-refractivity contribution in [3.05, 3.63) is 40.0 Å². The summed E-state index contributed by atoms with van der Waals surface area (Å²) in [6, 6.07) is 8.54. The molecule has 3 nitrogen and oxygen atoms in total. The van der Waals surface area contributed by atoms with E-state index < -0.39 is 0 Å². The molecule has 0 aliphatic rings. The van der Waals surface area contributed by atoms with E-state index in [1.54, 1.807) is 0 Å². The number of halogens is 1. The Kier molecular flexibility index (Phi) is 4.19. The third kappa shape index (κ3) is 2.65. The molecule has 96 valence electrons. The number of rotatable bonds is 4. The topological polar surface area (TPSA) is 54.7 Å². The fourth-order valence-electron chi connectivity index (χ4n) is 1.89. The standard InChI is InChI=1S/C14H18BrN3/c1-9(2)10-3-5-11(6-4-10)14-13(15)12(7-8-16)17-18-14/h3-6,9H,7-8,16H2,1-2H3,(H,17,18). The van der Waals surface area contributed by atoms with Crippen molar-refractivity contribution in [3.8, 4) is 11.3 Å². The SMILES string of the molecule is CC(C)c1ccc(-c2n[nH]c(CCN)c2Br)cc1. The van der Waals surface area contributed by atoms with Gasteiger partial charge in [0.25, 0.3) is 0 Å². The Morgan fingerprint density at radius 3 is 2.50 bits per heavy atom. The molecule has 0 atom stereocenters. The number of nitrogens with zero attached hydrogens (tertiary/aromatic N) is 1. The Hall–Kier alpha value is -1.13. The van der Waals surface area contributed by atoms with E-state index in [0.717, 1.165) is 27.8 Å². The molecule has 0 aliphatic heterocycles. The van der Waals surface area contributed by atoms with Crippen LogP contribution >= 0.6 is 15.9 Å². The number of benzene rings is 1. The van der Waals surface area contributed by atoms with Crippen LogP contribution < -0.4 is 5.73 Å². The molecule has 0 radical (unpaired) electrons. The molecular weight excluding hydrogens is 290 g/mol. The first-order chi connectivity index (χ1) is 8.63. The number of aromatic nitrogens is 2. The van der Waals surface area contributed by atoms with Gasteiger partial charge in [0.05, 0.1) is 10.2 Å². The predicted octanol–water partition coefficient (Wildman–Crippen LogP) is 3.46. The van der Waals surface area contributed by atoms with Gasteiger partial charge in [0.15, 0.2) is 0 Å². The molecule has 1 aromatic carbocycles. The molecule has 0 fully saturated rings. The van der Waals surface area contributed by atoms with Gasteiger partial charge in [0.2, 0.25) is 0 Å². The third-order valence-electron chi connectivity index (χ3n) is 3.02. The number of hydrogen-bond donors (Lipinski definition) is 2.